The zero-order valence-corrected chi connectivity index (χ0v) is 29.8. The molecule has 0 radical (unpaired) electrons. The van der Waals surface area contributed by atoms with Crippen LogP contribution in [0.1, 0.15) is 69.5 Å². The Labute approximate surface area is 297 Å². The fourth-order valence-corrected chi connectivity index (χ4v) is 9.09. The summed E-state index contributed by atoms with van der Waals surface area (Å²) in [4.78, 5) is 60.3. The molecule has 0 spiro atoms. The first kappa shape index (κ1) is 36.8. The standard InChI is InChI=1S/C34H40F3N5O7S2/c1-3-21-18-50-29(38-21)24-12-9-19(34(35,36)37)14-27(24)39-32(46)49-22-15-25-26(16-22)30(44)42(2)13-7-5-4-6-8-20-17-33(20,40-28(25)43)31(45)41-51(47,48)23-10-11-23/h6,8-9,12,14,18,20,22-23,25-26H,3-5,7,10-11,13,15-17H2,1-2H3,(H,39,46)(H,40,43)(H,41,45)/b8-6+/t20-,22-,25-,26-,33-/m1/s1. The summed E-state index contributed by atoms with van der Waals surface area (Å²) in [6.45, 7) is 2.31. The molecule has 4 aliphatic rings. The monoisotopic (exact) mass is 751 g/mol. The Kier molecular flexibility index (Phi) is 10.2. The van der Waals surface area contributed by atoms with Crippen molar-refractivity contribution in [3.8, 4) is 10.6 Å². The molecule has 3 aliphatic carbocycles. The van der Waals surface area contributed by atoms with Crippen molar-refractivity contribution in [3.05, 3.63) is 47.0 Å². The van der Waals surface area contributed by atoms with Crippen LogP contribution in [-0.2, 0) is 41.7 Å². The number of fused-ring (bicyclic) bond motifs is 2. The number of carbonyl (C=O) groups excluding carboxylic acids is 4. The highest BCUT2D eigenvalue weighted by atomic mass is 32.2. The predicted octanol–water partition coefficient (Wildman–Crippen LogP) is 5.02. The molecule has 3 fully saturated rings. The van der Waals surface area contributed by atoms with Crippen molar-refractivity contribution in [1.29, 1.82) is 0 Å². The first-order chi connectivity index (χ1) is 24.1. The molecular formula is C34H40F3N5O7S2. The second-order valence-electron chi connectivity index (χ2n) is 13.7. The summed E-state index contributed by atoms with van der Waals surface area (Å²) >= 11 is 1.22. The van der Waals surface area contributed by atoms with Crippen molar-refractivity contribution in [1.82, 2.24) is 19.9 Å². The molecule has 2 aromatic rings. The molecule has 1 aliphatic heterocycles. The third kappa shape index (κ3) is 8.08. The molecule has 6 rings (SSSR count). The second kappa shape index (κ2) is 14.2. The van der Waals surface area contributed by atoms with Gasteiger partial charge in [0, 0.05) is 30.5 Å². The SMILES string of the molecule is CCc1csc(-c2ccc(C(F)(F)F)cc2NC(=O)O[C@@H]2C[C@H]3C(=O)N[C@]4(C(=O)NS(=O)(=O)C5CC5)C[C@H]4/C=C/CCCCN(C)C(=O)[C@@H]3C2)n1. The van der Waals surface area contributed by atoms with E-state index in [1.807, 2.05) is 19.1 Å². The summed E-state index contributed by atoms with van der Waals surface area (Å²) in [5, 5.41) is 6.72. The molecule has 12 nitrogen and oxygen atoms in total. The Balaban J connectivity index is 1.22. The summed E-state index contributed by atoms with van der Waals surface area (Å²) in [5.41, 5.74) is -1.68. The van der Waals surface area contributed by atoms with Crippen LogP contribution in [0.25, 0.3) is 10.6 Å². The molecule has 276 valence electrons. The number of anilines is 1. The van der Waals surface area contributed by atoms with Gasteiger partial charge in [0.2, 0.25) is 21.8 Å². The fourth-order valence-electron chi connectivity index (χ4n) is 6.79. The van der Waals surface area contributed by atoms with Gasteiger partial charge in [-0.05, 0) is 76.0 Å². The van der Waals surface area contributed by atoms with E-state index in [-0.39, 0.29) is 36.4 Å². The molecule has 1 aromatic heterocycles. The van der Waals surface area contributed by atoms with E-state index < -0.39 is 74.3 Å². The molecule has 0 saturated heterocycles. The third-order valence-corrected chi connectivity index (χ3v) is 12.7. The summed E-state index contributed by atoms with van der Waals surface area (Å²) in [6.07, 6.45) is 0.564. The molecular weight excluding hydrogens is 712 g/mol. The predicted molar refractivity (Wildman–Crippen MR) is 182 cm³/mol. The Morgan fingerprint density at radius 2 is 1.90 bits per heavy atom. The lowest BCUT2D eigenvalue weighted by molar-refractivity contribution is -0.140. The molecule has 51 heavy (non-hydrogen) atoms. The molecule has 17 heteroatoms. The van der Waals surface area contributed by atoms with E-state index >= 15 is 0 Å². The van der Waals surface area contributed by atoms with E-state index in [0.29, 0.717) is 43.7 Å². The van der Waals surface area contributed by atoms with Gasteiger partial charge in [-0.3, -0.25) is 24.4 Å². The minimum atomic E-state index is -4.69. The fraction of sp³-hybridized carbons (Fsp3) is 0.559. The van der Waals surface area contributed by atoms with Crippen LogP contribution in [0.3, 0.4) is 0 Å². The van der Waals surface area contributed by atoms with Crippen LogP contribution in [0.5, 0.6) is 0 Å². The van der Waals surface area contributed by atoms with Crippen LogP contribution in [0.4, 0.5) is 23.7 Å². The van der Waals surface area contributed by atoms with Gasteiger partial charge in [0.1, 0.15) is 16.7 Å². The van der Waals surface area contributed by atoms with E-state index in [0.717, 1.165) is 24.2 Å². The zero-order valence-electron chi connectivity index (χ0n) is 28.1. The van der Waals surface area contributed by atoms with E-state index in [1.165, 1.54) is 22.3 Å². The van der Waals surface area contributed by atoms with Gasteiger partial charge in [-0.1, -0.05) is 19.1 Å². The topological polar surface area (TPSA) is 164 Å². The summed E-state index contributed by atoms with van der Waals surface area (Å²) in [7, 11) is -2.29. The molecule has 0 bridgehead atoms. The maximum atomic E-state index is 14.0. The summed E-state index contributed by atoms with van der Waals surface area (Å²) < 4.78 is 74.1. The smallest absolute Gasteiger partial charge is 0.416 e. The third-order valence-electron chi connectivity index (χ3n) is 10.00. The van der Waals surface area contributed by atoms with Crippen molar-refractivity contribution < 1.29 is 45.5 Å². The highest BCUT2D eigenvalue weighted by Gasteiger charge is 2.62. The van der Waals surface area contributed by atoms with Crippen molar-refractivity contribution >= 4 is 50.9 Å². The minimum Gasteiger partial charge on any atom is -0.446 e. The molecule has 3 N–H and O–H groups in total. The van der Waals surface area contributed by atoms with E-state index in [1.54, 1.807) is 12.4 Å². The Bertz CT molecular complexity index is 1840. The highest BCUT2D eigenvalue weighted by Crippen LogP contribution is 2.47. The number of hydrogen-bond donors (Lipinski definition) is 3. The summed E-state index contributed by atoms with van der Waals surface area (Å²) in [5.74, 6) is -4.28. The van der Waals surface area contributed by atoms with Crippen molar-refractivity contribution in [3.63, 3.8) is 0 Å². The number of alkyl halides is 3. The number of halogens is 3. The average Bonchev–Trinajstić information content (AvgIpc) is 3.95. The van der Waals surface area contributed by atoms with Crippen molar-refractivity contribution in [2.75, 3.05) is 18.9 Å². The van der Waals surface area contributed by atoms with Gasteiger partial charge < -0.3 is 15.0 Å². The number of aromatic nitrogens is 1. The maximum absolute atomic E-state index is 14.0. The van der Waals surface area contributed by atoms with Gasteiger partial charge in [-0.15, -0.1) is 11.3 Å². The lowest BCUT2D eigenvalue weighted by atomic mass is 9.93. The largest absolute Gasteiger partial charge is 0.446 e. The van der Waals surface area contributed by atoms with Crippen molar-refractivity contribution in [2.24, 2.45) is 17.8 Å². The van der Waals surface area contributed by atoms with Crippen LogP contribution >= 0.6 is 11.3 Å². The van der Waals surface area contributed by atoms with Gasteiger partial charge in [0.25, 0.3) is 5.91 Å². The highest BCUT2D eigenvalue weighted by molar-refractivity contribution is 7.91. The van der Waals surface area contributed by atoms with Gasteiger partial charge in [-0.2, -0.15) is 13.2 Å². The van der Waals surface area contributed by atoms with Gasteiger partial charge in [0.15, 0.2) is 0 Å². The molecule has 2 heterocycles. The first-order valence-electron chi connectivity index (χ1n) is 17.0. The Morgan fingerprint density at radius 3 is 2.59 bits per heavy atom. The second-order valence-corrected chi connectivity index (χ2v) is 16.5. The number of benzene rings is 1. The zero-order chi connectivity index (χ0) is 36.7. The number of allylic oxidation sites excluding steroid dienone is 1. The van der Waals surface area contributed by atoms with Crippen LogP contribution < -0.4 is 15.4 Å². The number of amides is 4. The van der Waals surface area contributed by atoms with Crippen molar-refractivity contribution in [2.45, 2.75) is 87.8 Å². The van der Waals surface area contributed by atoms with Gasteiger partial charge in [0.05, 0.1) is 34.0 Å². The number of carbonyl (C=O) groups is 4. The average molecular weight is 752 g/mol. The number of nitrogens with zero attached hydrogens (tertiary/aromatic N) is 2. The maximum Gasteiger partial charge on any atom is 0.416 e. The summed E-state index contributed by atoms with van der Waals surface area (Å²) in [6, 6.07) is 2.94. The number of ether oxygens (including phenoxy) is 1. The van der Waals surface area contributed by atoms with Crippen LogP contribution in [-0.4, -0.2) is 72.6 Å². The number of aryl methyl sites for hydroxylation is 1. The molecule has 1 aromatic carbocycles. The van der Waals surface area contributed by atoms with E-state index in [9.17, 15) is 40.8 Å². The first-order valence-corrected chi connectivity index (χ1v) is 19.5. The quantitative estimate of drug-likeness (QED) is 0.333. The number of hydrogen-bond acceptors (Lipinski definition) is 9. The van der Waals surface area contributed by atoms with Crippen LogP contribution in [0, 0.1) is 17.8 Å². The number of rotatable bonds is 7. The molecule has 5 atom stereocenters. The lowest BCUT2D eigenvalue weighted by Crippen LogP contribution is -2.54. The Morgan fingerprint density at radius 1 is 1.16 bits per heavy atom. The minimum absolute atomic E-state index is 0.0466. The lowest BCUT2D eigenvalue weighted by Gasteiger charge is -2.26. The normalized spacial score (nSPS) is 27.7. The number of sulfonamides is 1. The molecule has 4 amide bonds. The van der Waals surface area contributed by atoms with Crippen LogP contribution in [0.2, 0.25) is 0 Å². The number of nitrogens with one attached hydrogen (secondary N) is 3. The van der Waals surface area contributed by atoms with Gasteiger partial charge >= 0.3 is 12.3 Å². The molecule has 0 unspecified atom stereocenters. The van der Waals surface area contributed by atoms with E-state index in [4.69, 9.17) is 4.74 Å². The molecule has 3 saturated carbocycles. The Hall–Kier alpha value is -3.99. The number of thiazole rings is 1. The van der Waals surface area contributed by atoms with Crippen LogP contribution in [0.15, 0.2) is 35.7 Å². The van der Waals surface area contributed by atoms with E-state index in [2.05, 4.69) is 20.3 Å². The van der Waals surface area contributed by atoms with Gasteiger partial charge in [-0.25, -0.2) is 18.2 Å².